The average molecular weight is 294 g/mol. The Labute approximate surface area is 126 Å². The van der Waals surface area contributed by atoms with Gasteiger partial charge in [-0.05, 0) is 50.8 Å². The third-order valence-electron chi connectivity index (χ3n) is 3.12. The third kappa shape index (κ3) is 5.45. The van der Waals surface area contributed by atoms with Crippen molar-refractivity contribution in [3.05, 3.63) is 29.3 Å². The molecule has 0 radical (unpaired) electrons. The fourth-order valence-corrected chi connectivity index (χ4v) is 2.52. The second-order valence-electron chi connectivity index (χ2n) is 5.13. The summed E-state index contributed by atoms with van der Waals surface area (Å²) >= 11 is 1.81. The number of benzene rings is 1. The highest BCUT2D eigenvalue weighted by Gasteiger charge is 2.13. The van der Waals surface area contributed by atoms with Crippen molar-refractivity contribution in [1.29, 1.82) is 0 Å². The van der Waals surface area contributed by atoms with Crippen molar-refractivity contribution in [1.82, 2.24) is 5.32 Å². The van der Waals surface area contributed by atoms with Crippen LogP contribution in [0.2, 0.25) is 0 Å². The second-order valence-corrected chi connectivity index (χ2v) is 6.12. The van der Waals surface area contributed by atoms with E-state index in [1.54, 1.807) is 11.8 Å². The highest BCUT2D eigenvalue weighted by atomic mass is 32.2. The topological polar surface area (TPSA) is 41.1 Å². The minimum Gasteiger partial charge on any atom is -0.384 e. The summed E-state index contributed by atoms with van der Waals surface area (Å²) in [5, 5.41) is 6.41. The lowest BCUT2D eigenvalue weighted by Gasteiger charge is -2.16. The minimum absolute atomic E-state index is 0.0147. The maximum Gasteiger partial charge on any atom is 0.253 e. The van der Waals surface area contributed by atoms with E-state index >= 15 is 0 Å². The summed E-state index contributed by atoms with van der Waals surface area (Å²) in [6.07, 6.45) is 4.12. The molecule has 1 aromatic rings. The first-order chi connectivity index (χ1) is 9.58. The molecule has 1 unspecified atom stereocenters. The van der Waals surface area contributed by atoms with Crippen LogP contribution in [0.1, 0.15) is 42.6 Å². The normalized spacial score (nSPS) is 12.0. The largest absolute Gasteiger partial charge is 0.384 e. The molecule has 1 aromatic carbocycles. The van der Waals surface area contributed by atoms with Crippen molar-refractivity contribution < 1.29 is 4.79 Å². The summed E-state index contributed by atoms with van der Waals surface area (Å²) in [5.74, 6) is 1.08. The predicted molar refractivity (Wildman–Crippen MR) is 89.9 cm³/mol. The van der Waals surface area contributed by atoms with E-state index in [1.165, 1.54) is 0 Å². The van der Waals surface area contributed by atoms with Gasteiger partial charge in [-0.15, -0.1) is 0 Å². The quantitative estimate of drug-likeness (QED) is 0.768. The number of carbonyl (C=O) groups is 1. The molecular formula is C16H26N2OS. The van der Waals surface area contributed by atoms with Crippen LogP contribution in [-0.2, 0) is 0 Å². The van der Waals surface area contributed by atoms with Crippen molar-refractivity contribution in [3.63, 3.8) is 0 Å². The first kappa shape index (κ1) is 16.9. The molecule has 0 aliphatic rings. The smallest absolute Gasteiger partial charge is 0.253 e. The van der Waals surface area contributed by atoms with Crippen LogP contribution in [0.4, 0.5) is 5.69 Å². The van der Waals surface area contributed by atoms with Gasteiger partial charge in [0.15, 0.2) is 0 Å². The molecule has 0 fully saturated rings. The number of carbonyl (C=O) groups excluding carboxylic acids is 1. The van der Waals surface area contributed by atoms with Crippen LogP contribution >= 0.6 is 11.8 Å². The lowest BCUT2D eigenvalue weighted by atomic mass is 10.1. The molecule has 112 valence electrons. The van der Waals surface area contributed by atoms with E-state index in [0.29, 0.717) is 0 Å². The molecule has 0 aromatic heterocycles. The zero-order chi connectivity index (χ0) is 15.0. The average Bonchev–Trinajstić information content (AvgIpc) is 2.43. The Morgan fingerprint density at radius 3 is 2.80 bits per heavy atom. The van der Waals surface area contributed by atoms with Crippen LogP contribution in [0.25, 0.3) is 0 Å². The van der Waals surface area contributed by atoms with Gasteiger partial charge in [-0.25, -0.2) is 0 Å². The van der Waals surface area contributed by atoms with Crippen molar-refractivity contribution >= 4 is 23.4 Å². The predicted octanol–water partition coefficient (Wildman–Crippen LogP) is 3.69. The van der Waals surface area contributed by atoms with E-state index in [2.05, 4.69) is 30.7 Å². The molecular weight excluding hydrogens is 268 g/mol. The number of aryl methyl sites for hydroxylation is 1. The molecule has 4 heteroatoms. The Kier molecular flexibility index (Phi) is 7.52. The summed E-state index contributed by atoms with van der Waals surface area (Å²) in [6, 6.07) is 6.18. The Balaban J connectivity index is 2.76. The Morgan fingerprint density at radius 2 is 2.15 bits per heavy atom. The Bertz CT molecular complexity index is 434. The number of rotatable bonds is 8. The van der Waals surface area contributed by atoms with E-state index in [1.807, 2.05) is 25.1 Å². The summed E-state index contributed by atoms with van der Waals surface area (Å²) in [5.41, 5.74) is 2.77. The lowest BCUT2D eigenvalue weighted by molar-refractivity contribution is 0.0940. The van der Waals surface area contributed by atoms with Crippen LogP contribution in [0.3, 0.4) is 0 Å². The van der Waals surface area contributed by atoms with Crippen LogP contribution in [0.15, 0.2) is 18.2 Å². The first-order valence-electron chi connectivity index (χ1n) is 7.22. The number of thioether (sulfide) groups is 1. The number of hydrogen-bond acceptors (Lipinski definition) is 3. The zero-order valence-corrected chi connectivity index (χ0v) is 13.8. The Morgan fingerprint density at radius 1 is 1.40 bits per heavy atom. The maximum atomic E-state index is 12.4. The molecule has 2 N–H and O–H groups in total. The van der Waals surface area contributed by atoms with Crippen LogP contribution in [0, 0.1) is 6.92 Å². The van der Waals surface area contributed by atoms with Gasteiger partial charge in [0.1, 0.15) is 0 Å². The van der Waals surface area contributed by atoms with Crippen LogP contribution in [-0.4, -0.2) is 30.5 Å². The highest BCUT2D eigenvalue weighted by molar-refractivity contribution is 7.98. The summed E-state index contributed by atoms with van der Waals surface area (Å²) in [7, 11) is 0. The Hall–Kier alpha value is -1.16. The van der Waals surface area contributed by atoms with E-state index in [0.717, 1.165) is 42.0 Å². The first-order valence-corrected chi connectivity index (χ1v) is 8.62. The molecule has 0 aliphatic heterocycles. The molecule has 0 bridgehead atoms. The van der Waals surface area contributed by atoms with Gasteiger partial charge in [-0.1, -0.05) is 18.6 Å². The third-order valence-corrected chi connectivity index (χ3v) is 3.76. The molecule has 0 spiro atoms. The molecule has 0 saturated carbocycles. The van der Waals surface area contributed by atoms with Gasteiger partial charge >= 0.3 is 0 Å². The molecule has 1 rings (SSSR count). The van der Waals surface area contributed by atoms with Crippen LogP contribution in [0.5, 0.6) is 0 Å². The van der Waals surface area contributed by atoms with Crippen molar-refractivity contribution in [2.75, 3.05) is 23.9 Å². The van der Waals surface area contributed by atoms with E-state index in [9.17, 15) is 4.79 Å². The van der Waals surface area contributed by atoms with Gasteiger partial charge < -0.3 is 10.6 Å². The number of hydrogen-bond donors (Lipinski definition) is 2. The van der Waals surface area contributed by atoms with Gasteiger partial charge in [0.05, 0.1) is 5.56 Å². The molecule has 3 nitrogen and oxygen atoms in total. The fraction of sp³-hybridized carbons (Fsp3) is 0.562. The standard InChI is InChI=1S/C16H26N2OS/c1-5-9-17-15-7-6-12(2)11-14(15)16(19)18-13(3)8-10-20-4/h6-7,11,13,17H,5,8-10H2,1-4H3,(H,18,19). The SMILES string of the molecule is CCCNc1ccc(C)cc1C(=O)NC(C)CCSC. The molecule has 0 aliphatic carbocycles. The molecule has 1 atom stereocenters. The molecule has 0 heterocycles. The van der Waals surface area contributed by atoms with Gasteiger partial charge in [-0.3, -0.25) is 4.79 Å². The van der Waals surface area contributed by atoms with E-state index in [4.69, 9.17) is 0 Å². The highest BCUT2D eigenvalue weighted by Crippen LogP contribution is 2.18. The lowest BCUT2D eigenvalue weighted by Crippen LogP contribution is -2.33. The van der Waals surface area contributed by atoms with Gasteiger partial charge in [0.25, 0.3) is 5.91 Å². The molecule has 1 amide bonds. The van der Waals surface area contributed by atoms with E-state index in [-0.39, 0.29) is 11.9 Å². The van der Waals surface area contributed by atoms with Gasteiger partial charge in [0, 0.05) is 18.3 Å². The van der Waals surface area contributed by atoms with Gasteiger partial charge in [-0.2, -0.15) is 11.8 Å². The fourth-order valence-electron chi connectivity index (χ4n) is 1.93. The summed E-state index contributed by atoms with van der Waals surface area (Å²) in [4.78, 5) is 12.4. The second kappa shape index (κ2) is 8.90. The van der Waals surface area contributed by atoms with Crippen molar-refractivity contribution in [2.24, 2.45) is 0 Å². The van der Waals surface area contributed by atoms with Crippen LogP contribution < -0.4 is 10.6 Å². The summed E-state index contributed by atoms with van der Waals surface area (Å²) in [6.45, 7) is 7.07. The summed E-state index contributed by atoms with van der Waals surface area (Å²) < 4.78 is 0. The van der Waals surface area contributed by atoms with Crippen molar-refractivity contribution in [2.45, 2.75) is 39.7 Å². The maximum absolute atomic E-state index is 12.4. The van der Waals surface area contributed by atoms with E-state index < -0.39 is 0 Å². The number of nitrogens with one attached hydrogen (secondary N) is 2. The zero-order valence-electron chi connectivity index (χ0n) is 13.0. The monoisotopic (exact) mass is 294 g/mol. The minimum atomic E-state index is 0.0147. The van der Waals surface area contributed by atoms with Gasteiger partial charge in [0.2, 0.25) is 0 Å². The number of anilines is 1. The molecule has 20 heavy (non-hydrogen) atoms. The van der Waals surface area contributed by atoms with Crippen molar-refractivity contribution in [3.8, 4) is 0 Å². The number of amides is 1. The molecule has 0 saturated heterocycles.